The van der Waals surface area contributed by atoms with Gasteiger partial charge in [-0.2, -0.15) is 0 Å². The van der Waals surface area contributed by atoms with Crippen LogP contribution in [0.3, 0.4) is 0 Å². The normalized spacial score (nSPS) is 10.6. The Kier molecular flexibility index (Phi) is 5.22. The van der Waals surface area contributed by atoms with Crippen LogP contribution in [0, 0.1) is 0 Å². The fourth-order valence-electron chi connectivity index (χ4n) is 1.73. The van der Waals surface area contributed by atoms with Gasteiger partial charge >= 0.3 is 0 Å². The van der Waals surface area contributed by atoms with Gasteiger partial charge in [0.05, 0.1) is 5.75 Å². The van der Waals surface area contributed by atoms with Crippen molar-refractivity contribution in [2.24, 2.45) is 0 Å². The van der Waals surface area contributed by atoms with Crippen molar-refractivity contribution in [2.45, 2.75) is 24.8 Å². The molecule has 0 fully saturated rings. The first-order chi connectivity index (χ1) is 9.20. The quantitative estimate of drug-likeness (QED) is 0.589. The maximum Gasteiger partial charge on any atom is 0.208 e. The molecular weight excluding hydrogens is 324 g/mol. The number of benzene rings is 1. The third-order valence-electron chi connectivity index (χ3n) is 2.61. The van der Waals surface area contributed by atoms with Crippen molar-refractivity contribution in [1.29, 1.82) is 0 Å². The number of ketones is 1. The van der Waals surface area contributed by atoms with Gasteiger partial charge in [0.2, 0.25) is 5.78 Å². The number of carbonyl (C=O) groups is 1. The van der Waals surface area contributed by atoms with Crippen LogP contribution in [0.2, 0.25) is 0 Å². The number of halogens is 1. The van der Waals surface area contributed by atoms with Gasteiger partial charge < -0.3 is 4.57 Å². The Balaban J connectivity index is 1.97. The van der Waals surface area contributed by atoms with Gasteiger partial charge in [-0.15, -0.1) is 11.8 Å². The third-order valence-corrected chi connectivity index (χ3v) is 4.15. The van der Waals surface area contributed by atoms with Gasteiger partial charge in [-0.05, 0) is 30.7 Å². The van der Waals surface area contributed by atoms with Crippen molar-refractivity contribution in [3.63, 3.8) is 0 Å². The van der Waals surface area contributed by atoms with Crippen LogP contribution in [0.25, 0.3) is 0 Å². The van der Waals surface area contributed by atoms with Crippen LogP contribution < -0.4 is 0 Å². The van der Waals surface area contributed by atoms with Gasteiger partial charge in [0.1, 0.15) is 0 Å². The number of carbonyl (C=O) groups excluding carboxylic acids is 1. The van der Waals surface area contributed by atoms with E-state index in [-0.39, 0.29) is 5.78 Å². The van der Waals surface area contributed by atoms with Crippen LogP contribution in [0.4, 0.5) is 0 Å². The lowest BCUT2D eigenvalue weighted by Gasteiger charge is -2.05. The molecule has 0 N–H and O–H groups in total. The van der Waals surface area contributed by atoms with Gasteiger partial charge in [-0.3, -0.25) is 4.79 Å². The van der Waals surface area contributed by atoms with E-state index in [1.807, 2.05) is 35.0 Å². The Morgan fingerprint density at radius 2 is 2.11 bits per heavy atom. The number of Topliss-reactive ketones (excluding diaryl/α,β-unsaturated/α-hetero) is 1. The van der Waals surface area contributed by atoms with Crippen LogP contribution in [0.5, 0.6) is 0 Å². The summed E-state index contributed by atoms with van der Waals surface area (Å²) in [6.45, 7) is 2.93. The van der Waals surface area contributed by atoms with Gasteiger partial charge in [0.15, 0.2) is 5.82 Å². The summed E-state index contributed by atoms with van der Waals surface area (Å²) in [5, 5.41) is 0. The molecule has 2 aromatic rings. The highest BCUT2D eigenvalue weighted by Gasteiger charge is 2.12. The van der Waals surface area contributed by atoms with E-state index >= 15 is 0 Å². The summed E-state index contributed by atoms with van der Waals surface area (Å²) in [6.07, 6.45) is 4.55. The van der Waals surface area contributed by atoms with Crippen molar-refractivity contribution in [3.05, 3.63) is 47.0 Å². The molecule has 2 rings (SSSR count). The molecule has 100 valence electrons. The van der Waals surface area contributed by atoms with E-state index in [4.69, 9.17) is 0 Å². The molecule has 0 spiro atoms. The Morgan fingerprint density at radius 3 is 2.79 bits per heavy atom. The molecule has 1 heterocycles. The monoisotopic (exact) mass is 338 g/mol. The summed E-state index contributed by atoms with van der Waals surface area (Å²) in [5.74, 6) is 1.06. The average molecular weight is 339 g/mol. The first-order valence-electron chi connectivity index (χ1n) is 6.13. The highest BCUT2D eigenvalue weighted by molar-refractivity contribution is 9.10. The van der Waals surface area contributed by atoms with E-state index < -0.39 is 0 Å². The Labute approximate surface area is 125 Å². The summed E-state index contributed by atoms with van der Waals surface area (Å²) < 4.78 is 2.96. The zero-order valence-corrected chi connectivity index (χ0v) is 13.1. The van der Waals surface area contributed by atoms with E-state index in [9.17, 15) is 4.79 Å². The summed E-state index contributed by atoms with van der Waals surface area (Å²) in [5.41, 5.74) is 0. The summed E-state index contributed by atoms with van der Waals surface area (Å²) >= 11 is 4.93. The molecule has 19 heavy (non-hydrogen) atoms. The van der Waals surface area contributed by atoms with E-state index in [2.05, 4.69) is 27.8 Å². The maximum atomic E-state index is 12.1. The zero-order valence-electron chi connectivity index (χ0n) is 10.7. The average Bonchev–Trinajstić information content (AvgIpc) is 2.86. The smallest absolute Gasteiger partial charge is 0.208 e. The summed E-state index contributed by atoms with van der Waals surface area (Å²) in [7, 11) is 0. The van der Waals surface area contributed by atoms with Crippen LogP contribution in [-0.2, 0) is 6.54 Å². The van der Waals surface area contributed by atoms with Gasteiger partial charge in [-0.25, -0.2) is 4.98 Å². The summed E-state index contributed by atoms with van der Waals surface area (Å²) in [4.78, 5) is 17.4. The molecule has 0 atom stereocenters. The van der Waals surface area contributed by atoms with Crippen LogP contribution in [0.15, 0.2) is 46.0 Å². The predicted octanol–water partition coefficient (Wildman–Crippen LogP) is 4.03. The highest BCUT2D eigenvalue weighted by Crippen LogP contribution is 2.21. The molecule has 0 aliphatic carbocycles. The number of hydrogen-bond acceptors (Lipinski definition) is 3. The van der Waals surface area contributed by atoms with E-state index in [1.54, 1.807) is 6.20 Å². The van der Waals surface area contributed by atoms with Gasteiger partial charge in [-0.1, -0.05) is 22.9 Å². The maximum absolute atomic E-state index is 12.1. The second-order valence-corrected chi connectivity index (χ2v) is 6.07. The molecule has 0 unspecified atom stereocenters. The molecule has 0 aliphatic rings. The zero-order chi connectivity index (χ0) is 13.7. The van der Waals surface area contributed by atoms with Crippen molar-refractivity contribution in [1.82, 2.24) is 9.55 Å². The Hall–Kier alpha value is -1.07. The largest absolute Gasteiger partial charge is 0.329 e. The second kappa shape index (κ2) is 6.91. The van der Waals surface area contributed by atoms with E-state index in [0.29, 0.717) is 11.6 Å². The number of aryl methyl sites for hydroxylation is 1. The minimum Gasteiger partial charge on any atom is -0.329 e. The fraction of sp³-hybridized carbons (Fsp3) is 0.286. The molecule has 0 aliphatic heterocycles. The minimum absolute atomic E-state index is 0.0753. The van der Waals surface area contributed by atoms with E-state index in [1.165, 1.54) is 11.8 Å². The third kappa shape index (κ3) is 3.94. The SMILES string of the molecule is CCCn1ccnc1C(=O)CSc1ccc(Br)cc1. The lowest BCUT2D eigenvalue weighted by atomic mass is 10.4. The molecular formula is C14H15BrN2OS. The van der Waals surface area contributed by atoms with Crippen LogP contribution >= 0.6 is 27.7 Å². The number of aromatic nitrogens is 2. The predicted molar refractivity (Wildman–Crippen MR) is 81.7 cm³/mol. The van der Waals surface area contributed by atoms with Crippen LogP contribution in [0.1, 0.15) is 24.0 Å². The molecule has 1 aromatic heterocycles. The first kappa shape index (κ1) is 14.3. The van der Waals surface area contributed by atoms with Crippen molar-refractivity contribution >= 4 is 33.5 Å². The number of nitrogens with zero attached hydrogens (tertiary/aromatic N) is 2. The molecule has 3 nitrogen and oxygen atoms in total. The number of hydrogen-bond donors (Lipinski definition) is 0. The first-order valence-corrected chi connectivity index (χ1v) is 7.91. The molecule has 0 bridgehead atoms. The standard InChI is InChI=1S/C14H15BrN2OS/c1-2-8-17-9-7-16-14(17)13(18)10-19-12-5-3-11(15)4-6-12/h3-7,9H,2,8,10H2,1H3. The molecule has 0 saturated carbocycles. The van der Waals surface area contributed by atoms with Crippen LogP contribution in [-0.4, -0.2) is 21.1 Å². The Bertz CT molecular complexity index is 551. The lowest BCUT2D eigenvalue weighted by Crippen LogP contribution is -2.12. The molecule has 0 radical (unpaired) electrons. The molecule has 5 heteroatoms. The second-order valence-electron chi connectivity index (χ2n) is 4.11. The van der Waals surface area contributed by atoms with Crippen molar-refractivity contribution < 1.29 is 4.79 Å². The topological polar surface area (TPSA) is 34.9 Å². The van der Waals surface area contributed by atoms with Crippen molar-refractivity contribution in [3.8, 4) is 0 Å². The number of rotatable bonds is 6. The van der Waals surface area contributed by atoms with Crippen molar-refractivity contribution in [2.75, 3.05) is 5.75 Å². The fourth-order valence-corrected chi connectivity index (χ4v) is 2.75. The highest BCUT2D eigenvalue weighted by atomic mass is 79.9. The molecule has 0 amide bonds. The van der Waals surface area contributed by atoms with Gasteiger partial charge in [0, 0.05) is 28.3 Å². The molecule has 0 saturated heterocycles. The van der Waals surface area contributed by atoms with Gasteiger partial charge in [0.25, 0.3) is 0 Å². The summed E-state index contributed by atoms with van der Waals surface area (Å²) in [6, 6.07) is 7.96. The number of imidazole rings is 1. The number of thioether (sulfide) groups is 1. The van der Waals surface area contributed by atoms with E-state index in [0.717, 1.165) is 22.3 Å². The Morgan fingerprint density at radius 1 is 1.37 bits per heavy atom. The minimum atomic E-state index is 0.0753. The molecule has 1 aromatic carbocycles. The lowest BCUT2D eigenvalue weighted by molar-refractivity contribution is 0.100.